The SMILES string of the molecule is COC(=O)C(Br)CNC(=O)c1ccc(S(C)(=O)=O)cc1. The van der Waals surface area contributed by atoms with E-state index in [-0.39, 0.29) is 11.4 Å². The number of sulfone groups is 1. The zero-order chi connectivity index (χ0) is 15.3. The van der Waals surface area contributed by atoms with Crippen LogP contribution in [-0.2, 0) is 19.4 Å². The minimum Gasteiger partial charge on any atom is -0.468 e. The van der Waals surface area contributed by atoms with Crippen LogP contribution in [-0.4, -0.2) is 45.0 Å². The van der Waals surface area contributed by atoms with Gasteiger partial charge in [0.2, 0.25) is 0 Å². The van der Waals surface area contributed by atoms with Crippen molar-refractivity contribution in [1.29, 1.82) is 0 Å². The van der Waals surface area contributed by atoms with Gasteiger partial charge in [-0.25, -0.2) is 8.42 Å². The molecule has 0 heterocycles. The molecule has 0 radical (unpaired) electrons. The molecule has 20 heavy (non-hydrogen) atoms. The molecule has 1 rings (SSSR count). The number of halogens is 1. The summed E-state index contributed by atoms with van der Waals surface area (Å²) in [4.78, 5) is 22.4. The highest BCUT2D eigenvalue weighted by atomic mass is 79.9. The average molecular weight is 364 g/mol. The van der Waals surface area contributed by atoms with E-state index in [1.807, 2.05) is 0 Å². The molecule has 110 valence electrons. The van der Waals surface area contributed by atoms with Crippen molar-refractivity contribution < 1.29 is 22.7 Å². The van der Waals surface area contributed by atoms with Crippen LogP contribution < -0.4 is 5.32 Å². The van der Waals surface area contributed by atoms with Crippen molar-refractivity contribution >= 4 is 37.6 Å². The van der Waals surface area contributed by atoms with Crippen LogP contribution in [0.15, 0.2) is 29.2 Å². The Morgan fingerprint density at radius 1 is 1.30 bits per heavy atom. The summed E-state index contributed by atoms with van der Waals surface area (Å²) in [5, 5.41) is 2.54. The van der Waals surface area contributed by atoms with Gasteiger partial charge in [0.15, 0.2) is 9.84 Å². The molecule has 0 aromatic heterocycles. The molecule has 1 aromatic carbocycles. The van der Waals surface area contributed by atoms with Crippen LogP contribution in [0.1, 0.15) is 10.4 Å². The summed E-state index contributed by atoms with van der Waals surface area (Å²) in [6.07, 6.45) is 1.09. The number of carbonyl (C=O) groups is 2. The van der Waals surface area contributed by atoms with Crippen molar-refractivity contribution in [2.45, 2.75) is 9.72 Å². The summed E-state index contributed by atoms with van der Waals surface area (Å²) in [6.45, 7) is 0.0688. The fourth-order valence-electron chi connectivity index (χ4n) is 1.35. The molecule has 0 aliphatic carbocycles. The van der Waals surface area contributed by atoms with Crippen LogP contribution in [0.4, 0.5) is 0 Å². The van der Waals surface area contributed by atoms with Crippen LogP contribution in [0.3, 0.4) is 0 Å². The summed E-state index contributed by atoms with van der Waals surface area (Å²) in [5.74, 6) is -0.892. The Kier molecular flexibility index (Phi) is 5.70. The van der Waals surface area contributed by atoms with E-state index in [0.29, 0.717) is 5.56 Å². The topological polar surface area (TPSA) is 89.5 Å². The van der Waals surface area contributed by atoms with Crippen molar-refractivity contribution in [1.82, 2.24) is 5.32 Å². The van der Waals surface area contributed by atoms with Gasteiger partial charge in [-0.2, -0.15) is 0 Å². The molecular formula is C12H14BrNO5S. The minimum absolute atomic E-state index is 0.0688. The zero-order valence-electron chi connectivity index (χ0n) is 10.9. The Balaban J connectivity index is 2.67. The third-order valence-electron chi connectivity index (χ3n) is 2.44. The van der Waals surface area contributed by atoms with Gasteiger partial charge >= 0.3 is 5.97 Å². The van der Waals surface area contributed by atoms with Crippen LogP contribution in [0.5, 0.6) is 0 Å². The molecule has 0 aliphatic heterocycles. The average Bonchev–Trinajstić information content (AvgIpc) is 2.42. The van der Waals surface area contributed by atoms with Gasteiger partial charge in [-0.15, -0.1) is 0 Å². The highest BCUT2D eigenvalue weighted by molar-refractivity contribution is 9.10. The van der Waals surface area contributed by atoms with Gasteiger partial charge in [0.1, 0.15) is 4.83 Å². The smallest absolute Gasteiger partial charge is 0.321 e. The quantitative estimate of drug-likeness (QED) is 0.615. The Morgan fingerprint density at radius 2 is 1.85 bits per heavy atom. The van der Waals surface area contributed by atoms with E-state index in [1.165, 1.54) is 31.4 Å². The Morgan fingerprint density at radius 3 is 2.30 bits per heavy atom. The van der Waals surface area contributed by atoms with Gasteiger partial charge in [-0.1, -0.05) is 15.9 Å². The first-order valence-corrected chi connectivity index (χ1v) is 8.36. The largest absolute Gasteiger partial charge is 0.468 e. The molecule has 1 N–H and O–H groups in total. The van der Waals surface area contributed by atoms with E-state index in [2.05, 4.69) is 26.0 Å². The monoisotopic (exact) mass is 363 g/mol. The van der Waals surface area contributed by atoms with Gasteiger partial charge in [-0.05, 0) is 24.3 Å². The predicted molar refractivity (Wildman–Crippen MR) is 76.6 cm³/mol. The summed E-state index contributed by atoms with van der Waals surface area (Å²) in [7, 11) is -2.03. The molecule has 0 fully saturated rings. The number of esters is 1. The fourth-order valence-corrected chi connectivity index (χ4v) is 2.33. The van der Waals surface area contributed by atoms with Crippen LogP contribution in [0.2, 0.25) is 0 Å². The number of benzene rings is 1. The number of hydrogen-bond acceptors (Lipinski definition) is 5. The molecule has 0 saturated carbocycles. The van der Waals surface area contributed by atoms with Gasteiger partial charge in [0.05, 0.1) is 12.0 Å². The molecule has 0 aliphatic rings. The minimum atomic E-state index is -3.29. The Hall–Kier alpha value is -1.41. The standard InChI is InChI=1S/C12H14BrNO5S/c1-19-12(16)10(13)7-14-11(15)8-3-5-9(6-4-8)20(2,17)18/h3-6,10H,7H2,1-2H3,(H,14,15). The molecule has 1 atom stereocenters. The molecule has 6 nitrogen and oxygen atoms in total. The number of hydrogen-bond donors (Lipinski definition) is 1. The van der Waals surface area contributed by atoms with E-state index in [4.69, 9.17) is 0 Å². The fraction of sp³-hybridized carbons (Fsp3) is 0.333. The second-order valence-corrected chi connectivity index (χ2v) is 7.12. The number of rotatable bonds is 5. The maximum Gasteiger partial charge on any atom is 0.321 e. The van der Waals surface area contributed by atoms with Crippen molar-refractivity contribution in [2.75, 3.05) is 19.9 Å². The Labute approximate surface area is 125 Å². The number of carbonyl (C=O) groups excluding carboxylic acids is 2. The summed E-state index contributed by atoms with van der Waals surface area (Å²) < 4.78 is 27.1. The van der Waals surface area contributed by atoms with Crippen molar-refractivity contribution in [3.05, 3.63) is 29.8 Å². The first-order valence-electron chi connectivity index (χ1n) is 5.56. The van der Waals surface area contributed by atoms with E-state index in [1.54, 1.807) is 0 Å². The Bertz CT molecular complexity index is 597. The third kappa shape index (κ3) is 4.61. The maximum atomic E-state index is 11.8. The van der Waals surface area contributed by atoms with Crippen molar-refractivity contribution in [3.8, 4) is 0 Å². The number of nitrogens with one attached hydrogen (secondary N) is 1. The van der Waals surface area contributed by atoms with Crippen LogP contribution >= 0.6 is 15.9 Å². The normalized spacial score (nSPS) is 12.6. The lowest BCUT2D eigenvalue weighted by Gasteiger charge is -2.09. The lowest BCUT2D eigenvalue weighted by molar-refractivity contribution is -0.139. The van der Waals surface area contributed by atoms with Crippen molar-refractivity contribution in [2.24, 2.45) is 0 Å². The number of amides is 1. The lowest BCUT2D eigenvalue weighted by atomic mass is 10.2. The second-order valence-electron chi connectivity index (χ2n) is 4.00. The van der Waals surface area contributed by atoms with Gasteiger partial charge in [0.25, 0.3) is 5.91 Å². The third-order valence-corrected chi connectivity index (χ3v) is 4.27. The van der Waals surface area contributed by atoms with Gasteiger partial charge in [0, 0.05) is 18.4 Å². The maximum absolute atomic E-state index is 11.8. The van der Waals surface area contributed by atoms with E-state index in [9.17, 15) is 18.0 Å². The molecule has 0 saturated heterocycles. The first-order chi connectivity index (χ1) is 9.25. The summed E-state index contributed by atoms with van der Waals surface area (Å²) >= 11 is 3.07. The number of alkyl halides is 1. The molecule has 1 amide bonds. The van der Waals surface area contributed by atoms with Crippen LogP contribution in [0.25, 0.3) is 0 Å². The molecule has 1 aromatic rings. The van der Waals surface area contributed by atoms with Gasteiger partial charge < -0.3 is 10.1 Å². The lowest BCUT2D eigenvalue weighted by Crippen LogP contribution is -2.33. The molecule has 8 heteroatoms. The highest BCUT2D eigenvalue weighted by Crippen LogP contribution is 2.10. The molecular weight excluding hydrogens is 350 g/mol. The van der Waals surface area contributed by atoms with E-state index < -0.39 is 26.5 Å². The van der Waals surface area contributed by atoms with Crippen LogP contribution in [0, 0.1) is 0 Å². The summed E-state index contributed by atoms with van der Waals surface area (Å²) in [5.41, 5.74) is 0.307. The second kappa shape index (κ2) is 6.85. The summed E-state index contributed by atoms with van der Waals surface area (Å²) in [6, 6.07) is 5.53. The van der Waals surface area contributed by atoms with E-state index in [0.717, 1.165) is 6.26 Å². The number of ether oxygens (including phenoxy) is 1. The zero-order valence-corrected chi connectivity index (χ0v) is 13.3. The van der Waals surface area contributed by atoms with Gasteiger partial charge in [-0.3, -0.25) is 9.59 Å². The molecule has 1 unspecified atom stereocenters. The molecule has 0 spiro atoms. The predicted octanol–water partition coefficient (Wildman–Crippen LogP) is 0.756. The number of methoxy groups -OCH3 is 1. The van der Waals surface area contributed by atoms with Crippen molar-refractivity contribution in [3.63, 3.8) is 0 Å². The highest BCUT2D eigenvalue weighted by Gasteiger charge is 2.16. The van der Waals surface area contributed by atoms with E-state index >= 15 is 0 Å². The first kappa shape index (κ1) is 16.6. The molecule has 0 bridgehead atoms.